The number of piperidine rings is 1. The number of aliphatic imine (C=N–C) groups is 1. The van der Waals surface area contributed by atoms with Crippen molar-refractivity contribution in [3.63, 3.8) is 0 Å². The van der Waals surface area contributed by atoms with E-state index in [0.717, 1.165) is 57.9 Å². The van der Waals surface area contributed by atoms with Gasteiger partial charge >= 0.3 is 5.97 Å². The molecule has 29 heavy (non-hydrogen) atoms. The van der Waals surface area contributed by atoms with Crippen molar-refractivity contribution in [3.05, 3.63) is 35.9 Å². The molecule has 1 N–H and O–H groups in total. The highest BCUT2D eigenvalue weighted by atomic mass is 16.5. The summed E-state index contributed by atoms with van der Waals surface area (Å²) >= 11 is 0. The van der Waals surface area contributed by atoms with Gasteiger partial charge in [0.2, 0.25) is 0 Å². The molecule has 6 heteroatoms. The maximum Gasteiger partial charge on any atom is 0.309 e. The first-order chi connectivity index (χ1) is 14.0. The Morgan fingerprint density at radius 3 is 2.59 bits per heavy atom. The number of nitrogens with one attached hydrogen (secondary N) is 1. The van der Waals surface area contributed by atoms with Crippen LogP contribution in [0.25, 0.3) is 0 Å². The first-order valence-electron chi connectivity index (χ1n) is 11.0. The van der Waals surface area contributed by atoms with Gasteiger partial charge in [0.1, 0.15) is 0 Å². The largest absolute Gasteiger partial charge is 0.466 e. The van der Waals surface area contributed by atoms with Crippen LogP contribution in [0.5, 0.6) is 0 Å². The quantitative estimate of drug-likeness (QED) is 0.391. The number of hydrogen-bond acceptors (Lipinski definition) is 4. The van der Waals surface area contributed by atoms with Crippen LogP contribution >= 0.6 is 0 Å². The lowest BCUT2D eigenvalue weighted by Gasteiger charge is -2.33. The summed E-state index contributed by atoms with van der Waals surface area (Å²) in [7, 11) is 2.17. The van der Waals surface area contributed by atoms with Crippen molar-refractivity contribution in [2.75, 3.05) is 39.8 Å². The molecule has 1 aliphatic heterocycles. The average Bonchev–Trinajstić information content (AvgIpc) is 2.74. The highest BCUT2D eigenvalue weighted by molar-refractivity contribution is 5.80. The zero-order valence-corrected chi connectivity index (χ0v) is 18.6. The van der Waals surface area contributed by atoms with E-state index in [1.807, 2.05) is 6.92 Å². The van der Waals surface area contributed by atoms with E-state index < -0.39 is 0 Å². The van der Waals surface area contributed by atoms with E-state index in [0.29, 0.717) is 12.6 Å². The number of likely N-dealkylation sites (tertiary alicyclic amines) is 1. The summed E-state index contributed by atoms with van der Waals surface area (Å²) in [5.41, 5.74) is 1.34. The molecule has 1 unspecified atom stereocenters. The monoisotopic (exact) mass is 402 g/mol. The van der Waals surface area contributed by atoms with Gasteiger partial charge in [-0.3, -0.25) is 14.7 Å². The molecular formula is C23H38N4O2. The van der Waals surface area contributed by atoms with Crippen LogP contribution in [-0.4, -0.2) is 67.6 Å². The van der Waals surface area contributed by atoms with Crippen LogP contribution in [0.1, 0.15) is 45.6 Å². The summed E-state index contributed by atoms with van der Waals surface area (Å²) in [5.74, 6) is 0.942. The Morgan fingerprint density at radius 2 is 1.97 bits per heavy atom. The van der Waals surface area contributed by atoms with Crippen molar-refractivity contribution in [2.24, 2.45) is 10.9 Å². The van der Waals surface area contributed by atoms with Gasteiger partial charge in [-0.15, -0.1) is 0 Å². The Hall–Kier alpha value is -2.08. The second-order valence-electron chi connectivity index (χ2n) is 7.79. The average molecular weight is 403 g/mol. The minimum atomic E-state index is -0.0515. The standard InChI is InChI=1S/C23H38N4O2/c1-5-24-23(27-16-13-21(14-17-27)22(28)29-6-2)25-15-12-19(3)26(4)18-20-10-8-7-9-11-20/h7-11,19,21H,5-6,12-18H2,1-4H3,(H,24,25). The van der Waals surface area contributed by atoms with Crippen LogP contribution in [0.4, 0.5) is 0 Å². The van der Waals surface area contributed by atoms with Crippen molar-refractivity contribution >= 4 is 11.9 Å². The van der Waals surface area contributed by atoms with Gasteiger partial charge in [0.05, 0.1) is 12.5 Å². The molecular weight excluding hydrogens is 364 g/mol. The molecule has 0 amide bonds. The normalized spacial score (nSPS) is 16.7. The van der Waals surface area contributed by atoms with Gasteiger partial charge in [0.25, 0.3) is 0 Å². The number of guanidine groups is 1. The molecule has 162 valence electrons. The maximum atomic E-state index is 12.0. The minimum Gasteiger partial charge on any atom is -0.466 e. The molecule has 0 saturated carbocycles. The van der Waals surface area contributed by atoms with E-state index in [1.165, 1.54) is 5.56 Å². The number of benzene rings is 1. The zero-order chi connectivity index (χ0) is 21.1. The highest BCUT2D eigenvalue weighted by Gasteiger charge is 2.27. The van der Waals surface area contributed by atoms with Crippen molar-refractivity contribution in [2.45, 2.75) is 52.6 Å². The Balaban J connectivity index is 1.82. The molecule has 0 radical (unpaired) electrons. The molecule has 1 aromatic rings. The smallest absolute Gasteiger partial charge is 0.309 e. The molecule has 1 aliphatic rings. The molecule has 0 bridgehead atoms. The van der Waals surface area contributed by atoms with Gasteiger partial charge in [0.15, 0.2) is 5.96 Å². The first kappa shape index (κ1) is 23.2. The van der Waals surface area contributed by atoms with Crippen molar-refractivity contribution < 1.29 is 9.53 Å². The van der Waals surface area contributed by atoms with Gasteiger partial charge in [0, 0.05) is 38.8 Å². The van der Waals surface area contributed by atoms with E-state index in [-0.39, 0.29) is 11.9 Å². The van der Waals surface area contributed by atoms with Gasteiger partial charge in [-0.1, -0.05) is 30.3 Å². The van der Waals surface area contributed by atoms with Gasteiger partial charge in [-0.25, -0.2) is 0 Å². The lowest BCUT2D eigenvalue weighted by Crippen LogP contribution is -2.46. The fourth-order valence-electron chi connectivity index (χ4n) is 3.62. The summed E-state index contributed by atoms with van der Waals surface area (Å²) in [6.45, 7) is 11.0. The maximum absolute atomic E-state index is 12.0. The van der Waals surface area contributed by atoms with Gasteiger partial charge in [-0.05, 0) is 52.6 Å². The number of carbonyl (C=O) groups excluding carboxylic acids is 1. The lowest BCUT2D eigenvalue weighted by atomic mass is 9.97. The SMILES string of the molecule is CCNC(=NCCC(C)N(C)Cc1ccccc1)N1CCC(C(=O)OCC)CC1. The Bertz CT molecular complexity index is 627. The molecule has 0 aromatic heterocycles. The van der Waals surface area contributed by atoms with E-state index in [9.17, 15) is 4.79 Å². The summed E-state index contributed by atoms with van der Waals surface area (Å²) in [5, 5.41) is 3.41. The number of nitrogens with zero attached hydrogens (tertiary/aromatic N) is 3. The summed E-state index contributed by atoms with van der Waals surface area (Å²) < 4.78 is 5.17. The Kier molecular flexibility index (Phi) is 9.98. The predicted molar refractivity (Wildman–Crippen MR) is 119 cm³/mol. The summed E-state index contributed by atoms with van der Waals surface area (Å²) in [4.78, 5) is 21.5. The molecule has 6 nitrogen and oxygen atoms in total. The fraction of sp³-hybridized carbons (Fsp3) is 0.652. The van der Waals surface area contributed by atoms with Crippen molar-refractivity contribution in [1.29, 1.82) is 0 Å². The van der Waals surface area contributed by atoms with Crippen LogP contribution in [0.2, 0.25) is 0 Å². The van der Waals surface area contributed by atoms with Crippen LogP contribution in [0.3, 0.4) is 0 Å². The van der Waals surface area contributed by atoms with Crippen molar-refractivity contribution in [1.82, 2.24) is 15.1 Å². The van der Waals surface area contributed by atoms with Crippen molar-refractivity contribution in [3.8, 4) is 0 Å². The second kappa shape index (κ2) is 12.5. The third kappa shape index (κ3) is 7.69. The molecule has 1 saturated heterocycles. The molecule has 1 heterocycles. The molecule has 0 spiro atoms. The van der Waals surface area contributed by atoms with E-state index in [1.54, 1.807) is 0 Å². The van der Waals surface area contributed by atoms with Gasteiger partial charge in [-0.2, -0.15) is 0 Å². The van der Waals surface area contributed by atoms with Gasteiger partial charge < -0.3 is 15.0 Å². The number of carbonyl (C=O) groups is 1. The molecule has 1 fully saturated rings. The van der Waals surface area contributed by atoms with Crippen LogP contribution < -0.4 is 5.32 Å². The summed E-state index contributed by atoms with van der Waals surface area (Å²) in [6.07, 6.45) is 2.68. The first-order valence-corrected chi connectivity index (χ1v) is 11.0. The fourth-order valence-corrected chi connectivity index (χ4v) is 3.62. The second-order valence-corrected chi connectivity index (χ2v) is 7.79. The van der Waals surface area contributed by atoms with E-state index >= 15 is 0 Å². The number of ether oxygens (including phenoxy) is 1. The highest BCUT2D eigenvalue weighted by Crippen LogP contribution is 2.19. The zero-order valence-electron chi connectivity index (χ0n) is 18.6. The van der Waals surface area contributed by atoms with Crippen LogP contribution in [0.15, 0.2) is 35.3 Å². The molecule has 1 aromatic carbocycles. The minimum absolute atomic E-state index is 0.0285. The molecule has 1 atom stereocenters. The Labute approximate surface area is 176 Å². The van der Waals surface area contributed by atoms with E-state index in [2.05, 4.69) is 66.3 Å². The topological polar surface area (TPSA) is 57.2 Å². The third-order valence-corrected chi connectivity index (χ3v) is 5.59. The Morgan fingerprint density at radius 1 is 1.28 bits per heavy atom. The lowest BCUT2D eigenvalue weighted by molar-refractivity contribution is -0.149. The van der Waals surface area contributed by atoms with Crippen LogP contribution in [0, 0.1) is 5.92 Å². The number of rotatable bonds is 9. The third-order valence-electron chi connectivity index (χ3n) is 5.59. The van der Waals surface area contributed by atoms with Crippen LogP contribution in [-0.2, 0) is 16.1 Å². The number of esters is 1. The number of hydrogen-bond donors (Lipinski definition) is 1. The molecule has 0 aliphatic carbocycles. The molecule has 2 rings (SSSR count). The van der Waals surface area contributed by atoms with E-state index in [4.69, 9.17) is 9.73 Å². The predicted octanol–water partition coefficient (Wildman–Crippen LogP) is 3.14. The summed E-state index contributed by atoms with van der Waals surface area (Å²) in [6, 6.07) is 11.0.